The quantitative estimate of drug-likeness (QED) is 0.388. The summed E-state index contributed by atoms with van der Waals surface area (Å²) in [4.78, 5) is 10.8. The van der Waals surface area contributed by atoms with Gasteiger partial charge in [-0.25, -0.2) is 0 Å². The van der Waals surface area contributed by atoms with Crippen LogP contribution in [0.1, 0.15) is 112 Å². The van der Waals surface area contributed by atoms with Gasteiger partial charge in [-0.3, -0.25) is 0 Å². The number of fused-ring (bicyclic) bond motifs is 1. The van der Waals surface area contributed by atoms with Gasteiger partial charge in [-0.1, -0.05) is 38.5 Å². The number of ether oxygens (including phenoxy) is 1. The van der Waals surface area contributed by atoms with E-state index < -0.39 is 17.5 Å². The maximum absolute atomic E-state index is 10.8. The van der Waals surface area contributed by atoms with Crippen LogP contribution in [-0.4, -0.2) is 28.4 Å². The van der Waals surface area contributed by atoms with Gasteiger partial charge in [0.2, 0.25) is 0 Å². The zero-order valence-electron chi connectivity index (χ0n) is 21.4. The number of hydrogen-bond donors (Lipinski definition) is 1. The minimum atomic E-state index is -1.00. The lowest BCUT2D eigenvalue weighted by atomic mass is 9.74. The highest BCUT2D eigenvalue weighted by Crippen LogP contribution is 2.43. The molecule has 0 aromatic rings. The second-order valence-corrected chi connectivity index (χ2v) is 11.4. The minimum absolute atomic E-state index is 0.0314. The van der Waals surface area contributed by atoms with Crippen LogP contribution in [0, 0.1) is 17.8 Å². The molecule has 0 spiro atoms. The van der Waals surface area contributed by atoms with Gasteiger partial charge in [0.1, 0.15) is 0 Å². The number of aliphatic carboxylic acids is 1. The molecule has 32 heavy (non-hydrogen) atoms. The molecule has 0 aromatic heterocycles. The van der Waals surface area contributed by atoms with Gasteiger partial charge in [0.05, 0.1) is 17.3 Å². The summed E-state index contributed by atoms with van der Waals surface area (Å²) in [6.45, 7) is 12.7. The van der Waals surface area contributed by atoms with E-state index in [1.165, 1.54) is 24.0 Å². The van der Waals surface area contributed by atoms with E-state index >= 15 is 0 Å². The summed E-state index contributed by atoms with van der Waals surface area (Å²) in [5, 5.41) is 21.4. The monoisotopic (exact) mass is 447 g/mol. The molecule has 4 heteroatoms. The lowest BCUT2D eigenvalue weighted by Gasteiger charge is -2.46. The summed E-state index contributed by atoms with van der Waals surface area (Å²) in [5.74, 6) is -0.150. The van der Waals surface area contributed by atoms with Crippen LogP contribution >= 0.6 is 0 Å². The standard InChI is InChI=1S/C28H48O4/c1-20(10-7-16-27(5,31)17-9-12-22(3)26(29)30)11-8-18-28(6)19-15-24-14-13-21(2)23(4)25(24)32-28/h11,14,21-23,25,31H,7-10,12-13,15-19H2,1-6H3,(H,29,30)/p-1/b20-11+. The van der Waals surface area contributed by atoms with Crippen molar-refractivity contribution < 1.29 is 19.7 Å². The van der Waals surface area contributed by atoms with Crippen molar-refractivity contribution in [3.63, 3.8) is 0 Å². The average Bonchev–Trinajstić information content (AvgIpc) is 2.70. The Labute approximate surface area is 196 Å². The fourth-order valence-corrected chi connectivity index (χ4v) is 5.20. The first-order valence-electron chi connectivity index (χ1n) is 12.9. The van der Waals surface area contributed by atoms with Gasteiger partial charge in [-0.2, -0.15) is 0 Å². The van der Waals surface area contributed by atoms with Crippen molar-refractivity contribution >= 4 is 5.97 Å². The largest absolute Gasteiger partial charge is 0.550 e. The zero-order valence-corrected chi connectivity index (χ0v) is 21.4. The molecule has 1 aliphatic carbocycles. The van der Waals surface area contributed by atoms with Crippen LogP contribution in [0.25, 0.3) is 0 Å². The van der Waals surface area contributed by atoms with Crippen LogP contribution in [-0.2, 0) is 9.53 Å². The van der Waals surface area contributed by atoms with Gasteiger partial charge in [0, 0.05) is 5.97 Å². The third-order valence-corrected chi connectivity index (χ3v) is 8.05. The number of carboxylic acids is 1. The normalized spacial score (nSPS) is 31.4. The fourth-order valence-electron chi connectivity index (χ4n) is 5.20. The van der Waals surface area contributed by atoms with E-state index in [4.69, 9.17) is 4.74 Å². The zero-order chi connectivity index (χ0) is 23.9. The van der Waals surface area contributed by atoms with E-state index in [0.29, 0.717) is 37.2 Å². The van der Waals surface area contributed by atoms with Crippen LogP contribution in [0.4, 0.5) is 0 Å². The van der Waals surface area contributed by atoms with E-state index in [-0.39, 0.29) is 5.60 Å². The topological polar surface area (TPSA) is 69.6 Å². The van der Waals surface area contributed by atoms with Gasteiger partial charge in [0.25, 0.3) is 0 Å². The molecular weight excluding hydrogens is 400 g/mol. The highest BCUT2D eigenvalue weighted by molar-refractivity contribution is 5.66. The first-order valence-corrected chi connectivity index (χ1v) is 12.9. The van der Waals surface area contributed by atoms with Gasteiger partial charge in [-0.05, 0) is 115 Å². The van der Waals surface area contributed by atoms with Crippen molar-refractivity contribution in [1.82, 2.24) is 0 Å². The molecule has 1 N–H and O–H groups in total. The lowest BCUT2D eigenvalue weighted by Crippen LogP contribution is -2.44. The summed E-state index contributed by atoms with van der Waals surface area (Å²) in [6.07, 6.45) is 15.3. The molecule has 0 amide bonds. The third kappa shape index (κ3) is 8.33. The number of carboxylic acid groups (broad SMARTS) is 1. The molecule has 0 saturated carbocycles. The molecule has 0 radical (unpaired) electrons. The van der Waals surface area contributed by atoms with E-state index in [2.05, 4.69) is 39.8 Å². The second-order valence-electron chi connectivity index (χ2n) is 11.4. The van der Waals surface area contributed by atoms with Crippen molar-refractivity contribution in [1.29, 1.82) is 0 Å². The smallest absolute Gasteiger partial charge is 0.0820 e. The van der Waals surface area contributed by atoms with Crippen molar-refractivity contribution in [3.8, 4) is 0 Å². The molecule has 1 saturated heterocycles. The van der Waals surface area contributed by atoms with E-state index in [1.54, 1.807) is 6.92 Å². The van der Waals surface area contributed by atoms with E-state index in [1.807, 2.05) is 6.92 Å². The Balaban J connectivity index is 1.70. The first kappa shape index (κ1) is 27.1. The van der Waals surface area contributed by atoms with Crippen LogP contribution in [0.2, 0.25) is 0 Å². The molecular formula is C28H47O4-. The predicted molar refractivity (Wildman–Crippen MR) is 129 cm³/mol. The third-order valence-electron chi connectivity index (χ3n) is 8.05. The minimum Gasteiger partial charge on any atom is -0.550 e. The number of hydrogen-bond acceptors (Lipinski definition) is 4. The summed E-state index contributed by atoms with van der Waals surface area (Å²) < 4.78 is 6.67. The van der Waals surface area contributed by atoms with Gasteiger partial charge in [0.15, 0.2) is 0 Å². The molecule has 2 aliphatic rings. The Morgan fingerprint density at radius 1 is 1.38 bits per heavy atom. The van der Waals surface area contributed by atoms with E-state index in [0.717, 1.165) is 38.5 Å². The number of carbonyl (C=O) groups is 1. The number of rotatable bonds is 12. The Morgan fingerprint density at radius 3 is 2.75 bits per heavy atom. The molecule has 0 aromatic carbocycles. The summed E-state index contributed by atoms with van der Waals surface area (Å²) in [7, 11) is 0. The van der Waals surface area contributed by atoms with Crippen LogP contribution < -0.4 is 5.11 Å². The molecule has 0 bridgehead atoms. The van der Waals surface area contributed by atoms with Gasteiger partial charge >= 0.3 is 0 Å². The van der Waals surface area contributed by atoms with Crippen LogP contribution in [0.15, 0.2) is 23.3 Å². The SMILES string of the molecule is C/C(=C\CCC1(C)CCC2=CCC(C)C(C)C2O1)CCCC(C)(O)CCCC(C)C(=O)[O-]. The molecule has 1 aliphatic heterocycles. The fraction of sp³-hybridized carbons (Fsp3) is 0.821. The molecule has 1 fully saturated rings. The first-order chi connectivity index (χ1) is 14.9. The highest BCUT2D eigenvalue weighted by atomic mass is 16.5. The van der Waals surface area contributed by atoms with Crippen LogP contribution in [0.3, 0.4) is 0 Å². The highest BCUT2D eigenvalue weighted by Gasteiger charge is 2.40. The molecule has 2 rings (SSSR count). The maximum Gasteiger partial charge on any atom is 0.0820 e. The maximum atomic E-state index is 10.8. The van der Waals surface area contributed by atoms with Gasteiger partial charge in [-0.15, -0.1) is 0 Å². The summed E-state index contributed by atoms with van der Waals surface area (Å²) in [6, 6.07) is 0. The Morgan fingerprint density at radius 2 is 2.06 bits per heavy atom. The molecule has 1 heterocycles. The molecule has 6 atom stereocenters. The van der Waals surface area contributed by atoms with Crippen molar-refractivity contribution in [3.05, 3.63) is 23.3 Å². The number of allylic oxidation sites excluding steroid dienone is 3. The Kier molecular flexibility index (Phi) is 10.0. The Bertz CT molecular complexity index is 677. The van der Waals surface area contributed by atoms with E-state index in [9.17, 15) is 15.0 Å². The average molecular weight is 448 g/mol. The van der Waals surface area contributed by atoms with Crippen LogP contribution in [0.5, 0.6) is 0 Å². The van der Waals surface area contributed by atoms with Gasteiger partial charge < -0.3 is 19.7 Å². The number of aliphatic hydroxyl groups is 1. The molecule has 4 nitrogen and oxygen atoms in total. The van der Waals surface area contributed by atoms with Crippen molar-refractivity contribution in [2.24, 2.45) is 17.8 Å². The predicted octanol–water partition coefficient (Wildman–Crippen LogP) is 5.73. The Hall–Kier alpha value is -1.13. The lowest BCUT2D eigenvalue weighted by molar-refractivity contribution is -0.311. The number of carbonyl (C=O) groups excluding carboxylic acids is 1. The molecule has 184 valence electrons. The summed E-state index contributed by atoms with van der Waals surface area (Å²) >= 11 is 0. The molecule has 6 unspecified atom stereocenters. The second kappa shape index (κ2) is 11.8. The van der Waals surface area contributed by atoms with Crippen molar-refractivity contribution in [2.45, 2.75) is 129 Å². The van der Waals surface area contributed by atoms with Crippen molar-refractivity contribution in [2.75, 3.05) is 0 Å². The summed E-state index contributed by atoms with van der Waals surface area (Å²) in [5.41, 5.74) is 2.15.